The largest absolute Gasteiger partial charge is 0.301 e. The summed E-state index contributed by atoms with van der Waals surface area (Å²) in [5.41, 5.74) is 0.398. The van der Waals surface area contributed by atoms with Crippen LogP contribution in [0.1, 0.15) is 42.1 Å². The molecule has 7 heteroatoms. The molecule has 2 rings (SSSR count). The summed E-state index contributed by atoms with van der Waals surface area (Å²) in [6, 6.07) is 5.28. The second-order valence-corrected chi connectivity index (χ2v) is 6.64. The van der Waals surface area contributed by atoms with Gasteiger partial charge in [0.2, 0.25) is 11.0 Å². The molecular formula is C16H18FN3O2S. The van der Waals surface area contributed by atoms with Gasteiger partial charge in [0, 0.05) is 24.8 Å². The van der Waals surface area contributed by atoms with Crippen molar-refractivity contribution in [3.05, 3.63) is 40.7 Å². The van der Waals surface area contributed by atoms with E-state index >= 15 is 0 Å². The van der Waals surface area contributed by atoms with Gasteiger partial charge in [-0.1, -0.05) is 25.2 Å². The van der Waals surface area contributed by atoms with Crippen molar-refractivity contribution in [1.82, 2.24) is 10.2 Å². The number of carbonyl (C=O) groups excluding carboxylic acids is 2. The maximum atomic E-state index is 12.8. The van der Waals surface area contributed by atoms with Crippen LogP contribution in [-0.2, 0) is 11.2 Å². The number of carbonyl (C=O) groups is 2. The third-order valence-corrected chi connectivity index (χ3v) is 3.90. The number of hydrogen-bond donors (Lipinski definition) is 1. The lowest BCUT2D eigenvalue weighted by atomic mass is 10.1. The first-order chi connectivity index (χ1) is 10.9. The highest BCUT2D eigenvalue weighted by Gasteiger charge is 2.12. The molecule has 1 heterocycles. The third-order valence-electron chi connectivity index (χ3n) is 3.04. The molecule has 0 unspecified atom stereocenters. The Morgan fingerprint density at radius 1 is 1.17 bits per heavy atom. The molecule has 0 saturated heterocycles. The molecule has 2 aromatic rings. The van der Waals surface area contributed by atoms with Crippen LogP contribution in [0.15, 0.2) is 24.3 Å². The number of rotatable bonds is 7. The Bertz CT molecular complexity index is 683. The van der Waals surface area contributed by atoms with E-state index in [0.717, 1.165) is 11.4 Å². The monoisotopic (exact) mass is 335 g/mol. The van der Waals surface area contributed by atoms with Crippen molar-refractivity contribution in [2.24, 2.45) is 5.92 Å². The molecule has 0 bridgehead atoms. The predicted octanol–water partition coefficient (Wildman–Crippen LogP) is 3.48. The molecule has 1 amide bonds. The van der Waals surface area contributed by atoms with Crippen molar-refractivity contribution in [1.29, 1.82) is 0 Å². The van der Waals surface area contributed by atoms with Gasteiger partial charge in [-0.05, 0) is 30.2 Å². The molecule has 0 saturated carbocycles. The number of anilines is 1. The zero-order valence-electron chi connectivity index (χ0n) is 13.0. The van der Waals surface area contributed by atoms with Crippen molar-refractivity contribution in [3.63, 3.8) is 0 Å². The molecule has 122 valence electrons. The van der Waals surface area contributed by atoms with E-state index in [9.17, 15) is 14.0 Å². The van der Waals surface area contributed by atoms with E-state index in [2.05, 4.69) is 29.4 Å². The molecule has 0 atom stereocenters. The summed E-state index contributed by atoms with van der Waals surface area (Å²) in [4.78, 5) is 23.8. The van der Waals surface area contributed by atoms with Gasteiger partial charge in [-0.15, -0.1) is 10.2 Å². The molecule has 0 aliphatic rings. The fourth-order valence-corrected chi connectivity index (χ4v) is 2.89. The number of halogens is 1. The molecule has 1 aromatic carbocycles. The van der Waals surface area contributed by atoms with Crippen molar-refractivity contribution in [2.45, 2.75) is 33.1 Å². The van der Waals surface area contributed by atoms with Crippen LogP contribution in [0.5, 0.6) is 0 Å². The number of hydrogen-bond acceptors (Lipinski definition) is 5. The lowest BCUT2D eigenvalue weighted by Crippen LogP contribution is -2.13. The van der Waals surface area contributed by atoms with Crippen molar-refractivity contribution >= 4 is 28.2 Å². The van der Waals surface area contributed by atoms with Gasteiger partial charge in [-0.2, -0.15) is 0 Å². The van der Waals surface area contributed by atoms with Gasteiger partial charge in [0.05, 0.1) is 0 Å². The highest BCUT2D eigenvalue weighted by molar-refractivity contribution is 7.15. The fraction of sp³-hybridized carbons (Fsp3) is 0.375. The van der Waals surface area contributed by atoms with Crippen LogP contribution in [0.2, 0.25) is 0 Å². The molecule has 0 radical (unpaired) electrons. The molecule has 0 aliphatic heterocycles. The highest BCUT2D eigenvalue weighted by Crippen LogP contribution is 2.18. The second kappa shape index (κ2) is 7.92. The Morgan fingerprint density at radius 2 is 1.87 bits per heavy atom. The lowest BCUT2D eigenvalue weighted by molar-refractivity contribution is -0.116. The summed E-state index contributed by atoms with van der Waals surface area (Å²) in [6.07, 6.45) is 0.932. The van der Waals surface area contributed by atoms with E-state index in [1.165, 1.54) is 35.6 Å². The van der Waals surface area contributed by atoms with Gasteiger partial charge in [0.25, 0.3) is 0 Å². The average Bonchev–Trinajstić information content (AvgIpc) is 2.91. The van der Waals surface area contributed by atoms with Crippen LogP contribution < -0.4 is 5.32 Å². The summed E-state index contributed by atoms with van der Waals surface area (Å²) in [6.45, 7) is 4.17. The first kappa shape index (κ1) is 17.2. The molecular weight excluding hydrogens is 317 g/mol. The SMILES string of the molecule is CC(C)Cc1nnc(NC(=O)CCC(=O)c2ccc(F)cc2)s1. The maximum absolute atomic E-state index is 12.8. The molecule has 0 spiro atoms. The van der Waals surface area contributed by atoms with Gasteiger partial charge in [-0.25, -0.2) is 4.39 Å². The summed E-state index contributed by atoms with van der Waals surface area (Å²) in [5, 5.41) is 11.9. The number of Topliss-reactive ketones (excluding diaryl/α,β-unsaturated/α-hetero) is 1. The topological polar surface area (TPSA) is 72.0 Å². The average molecular weight is 335 g/mol. The minimum Gasteiger partial charge on any atom is -0.301 e. The number of amides is 1. The Morgan fingerprint density at radius 3 is 2.52 bits per heavy atom. The number of nitrogens with one attached hydrogen (secondary N) is 1. The van der Waals surface area contributed by atoms with Crippen LogP contribution in [0.25, 0.3) is 0 Å². The molecule has 1 N–H and O–H groups in total. The lowest BCUT2D eigenvalue weighted by Gasteiger charge is -2.02. The number of ketones is 1. The second-order valence-electron chi connectivity index (χ2n) is 5.58. The number of aromatic nitrogens is 2. The zero-order valence-corrected chi connectivity index (χ0v) is 13.8. The number of benzene rings is 1. The van der Waals surface area contributed by atoms with Crippen LogP contribution in [-0.4, -0.2) is 21.9 Å². The van der Waals surface area contributed by atoms with Crippen molar-refractivity contribution < 1.29 is 14.0 Å². The molecule has 0 fully saturated rings. The standard InChI is InChI=1S/C16H18FN3O2S/c1-10(2)9-15-19-20-16(23-15)18-14(22)8-7-13(21)11-3-5-12(17)6-4-11/h3-6,10H,7-9H2,1-2H3,(H,18,20,22). The molecule has 0 aliphatic carbocycles. The van der Waals surface area contributed by atoms with Crippen LogP contribution in [0, 0.1) is 11.7 Å². The van der Waals surface area contributed by atoms with Crippen molar-refractivity contribution in [2.75, 3.05) is 5.32 Å². The Hall–Kier alpha value is -2.15. The van der Waals surface area contributed by atoms with Gasteiger partial charge >= 0.3 is 0 Å². The Balaban J connectivity index is 1.81. The molecule has 1 aromatic heterocycles. The van der Waals surface area contributed by atoms with Gasteiger partial charge in [0.15, 0.2) is 5.78 Å². The molecule has 5 nitrogen and oxygen atoms in total. The molecule has 23 heavy (non-hydrogen) atoms. The van der Waals surface area contributed by atoms with E-state index in [1.807, 2.05) is 0 Å². The van der Waals surface area contributed by atoms with Gasteiger partial charge < -0.3 is 5.32 Å². The van der Waals surface area contributed by atoms with E-state index in [0.29, 0.717) is 16.6 Å². The number of nitrogens with zero attached hydrogens (tertiary/aromatic N) is 2. The smallest absolute Gasteiger partial charge is 0.226 e. The fourth-order valence-electron chi connectivity index (χ4n) is 1.92. The van der Waals surface area contributed by atoms with Crippen molar-refractivity contribution in [3.8, 4) is 0 Å². The Labute approximate surface area is 137 Å². The van der Waals surface area contributed by atoms with Crippen LogP contribution >= 0.6 is 11.3 Å². The zero-order chi connectivity index (χ0) is 16.8. The summed E-state index contributed by atoms with van der Waals surface area (Å²) < 4.78 is 12.8. The quantitative estimate of drug-likeness (QED) is 0.786. The van der Waals surface area contributed by atoms with E-state index in [-0.39, 0.29) is 24.5 Å². The highest BCUT2D eigenvalue weighted by atomic mass is 32.1. The minimum absolute atomic E-state index is 0.0509. The summed E-state index contributed by atoms with van der Waals surface area (Å²) in [7, 11) is 0. The minimum atomic E-state index is -0.396. The van der Waals surface area contributed by atoms with E-state index in [1.54, 1.807) is 0 Å². The van der Waals surface area contributed by atoms with Crippen LogP contribution in [0.4, 0.5) is 9.52 Å². The normalized spacial score (nSPS) is 10.8. The maximum Gasteiger partial charge on any atom is 0.226 e. The Kier molecular flexibility index (Phi) is 5.92. The predicted molar refractivity (Wildman–Crippen MR) is 87.0 cm³/mol. The van der Waals surface area contributed by atoms with Crippen LogP contribution in [0.3, 0.4) is 0 Å². The summed E-state index contributed by atoms with van der Waals surface area (Å²) in [5.74, 6) is -0.404. The van der Waals surface area contributed by atoms with Gasteiger partial charge in [-0.3, -0.25) is 9.59 Å². The first-order valence-corrected chi connectivity index (χ1v) is 8.16. The van der Waals surface area contributed by atoms with E-state index < -0.39 is 5.82 Å². The summed E-state index contributed by atoms with van der Waals surface area (Å²) >= 11 is 1.34. The third kappa shape index (κ3) is 5.52. The van der Waals surface area contributed by atoms with Gasteiger partial charge in [0.1, 0.15) is 10.8 Å². The van der Waals surface area contributed by atoms with E-state index in [4.69, 9.17) is 0 Å². The first-order valence-electron chi connectivity index (χ1n) is 7.35.